The van der Waals surface area contributed by atoms with E-state index < -0.39 is 0 Å². The normalized spacial score (nSPS) is 10.3. The number of nitrogens with zero attached hydrogens (tertiary/aromatic N) is 2. The van der Waals surface area contributed by atoms with Crippen LogP contribution in [0.1, 0.15) is 21.7 Å². The summed E-state index contributed by atoms with van der Waals surface area (Å²) in [6.07, 6.45) is 1.51. The van der Waals surface area contributed by atoms with E-state index >= 15 is 0 Å². The Hall–Kier alpha value is -1.69. The number of H-pyrrole nitrogens is 1. The average molecular weight is 295 g/mol. The lowest BCUT2D eigenvalue weighted by atomic mass is 10.2. The van der Waals surface area contributed by atoms with Crippen molar-refractivity contribution >= 4 is 27.5 Å². The van der Waals surface area contributed by atoms with Gasteiger partial charge in [0, 0.05) is 5.69 Å². The standard InChI is InChI=1S/C11H11BrN4O/c1-6-8(5-13-16-6)11(17)15-9-3-4-10(12)14-7(9)2/h3-5H,1-2H3,(H,13,16)(H,15,17). The molecule has 6 heteroatoms. The second-order valence-electron chi connectivity index (χ2n) is 3.63. The molecular weight excluding hydrogens is 284 g/mol. The van der Waals surface area contributed by atoms with Crippen LogP contribution in [-0.4, -0.2) is 21.1 Å². The fourth-order valence-electron chi connectivity index (χ4n) is 1.43. The van der Waals surface area contributed by atoms with E-state index in [4.69, 9.17) is 0 Å². The molecule has 0 unspecified atom stereocenters. The van der Waals surface area contributed by atoms with Crippen molar-refractivity contribution in [3.63, 3.8) is 0 Å². The van der Waals surface area contributed by atoms with E-state index in [0.717, 1.165) is 16.0 Å². The Balaban J connectivity index is 2.22. The summed E-state index contributed by atoms with van der Waals surface area (Å²) in [6.45, 7) is 3.64. The number of nitrogens with one attached hydrogen (secondary N) is 2. The van der Waals surface area contributed by atoms with Gasteiger partial charge in [0.2, 0.25) is 0 Å². The smallest absolute Gasteiger partial charge is 0.259 e. The highest BCUT2D eigenvalue weighted by atomic mass is 79.9. The van der Waals surface area contributed by atoms with Gasteiger partial charge in [0.1, 0.15) is 4.60 Å². The minimum atomic E-state index is -0.191. The maximum Gasteiger partial charge on any atom is 0.259 e. The van der Waals surface area contributed by atoms with Crippen LogP contribution in [0.5, 0.6) is 0 Å². The van der Waals surface area contributed by atoms with Crippen LogP contribution in [0.2, 0.25) is 0 Å². The number of rotatable bonds is 2. The zero-order chi connectivity index (χ0) is 12.4. The Labute approximate surface area is 107 Å². The van der Waals surface area contributed by atoms with Crippen molar-refractivity contribution < 1.29 is 4.79 Å². The summed E-state index contributed by atoms with van der Waals surface area (Å²) in [4.78, 5) is 16.1. The van der Waals surface area contributed by atoms with Crippen molar-refractivity contribution in [2.45, 2.75) is 13.8 Å². The molecule has 2 heterocycles. The Morgan fingerprint density at radius 3 is 2.76 bits per heavy atom. The molecule has 0 aromatic carbocycles. The number of carbonyl (C=O) groups is 1. The highest BCUT2D eigenvalue weighted by Gasteiger charge is 2.12. The summed E-state index contributed by atoms with van der Waals surface area (Å²) >= 11 is 3.27. The molecule has 88 valence electrons. The first-order chi connectivity index (χ1) is 8.08. The SMILES string of the molecule is Cc1nc(Br)ccc1NC(=O)c1cn[nH]c1C. The van der Waals surface area contributed by atoms with Crippen LogP contribution in [0, 0.1) is 13.8 Å². The predicted octanol–water partition coefficient (Wildman–Crippen LogP) is 2.44. The number of aromatic amines is 1. The van der Waals surface area contributed by atoms with Crippen LogP contribution in [-0.2, 0) is 0 Å². The third-order valence-corrected chi connectivity index (χ3v) is 2.82. The molecule has 5 nitrogen and oxygen atoms in total. The molecule has 0 spiro atoms. The highest BCUT2D eigenvalue weighted by Crippen LogP contribution is 2.17. The fourth-order valence-corrected chi connectivity index (χ4v) is 1.83. The first-order valence-electron chi connectivity index (χ1n) is 5.02. The number of hydrogen-bond donors (Lipinski definition) is 2. The van der Waals surface area contributed by atoms with E-state index in [9.17, 15) is 4.79 Å². The average Bonchev–Trinajstić information content (AvgIpc) is 2.68. The van der Waals surface area contributed by atoms with Crippen LogP contribution < -0.4 is 5.32 Å². The monoisotopic (exact) mass is 294 g/mol. The number of carbonyl (C=O) groups excluding carboxylic acids is 1. The lowest BCUT2D eigenvalue weighted by molar-refractivity contribution is 0.102. The summed E-state index contributed by atoms with van der Waals surface area (Å²) in [5.41, 5.74) is 2.73. The van der Waals surface area contributed by atoms with E-state index in [1.54, 1.807) is 19.1 Å². The van der Waals surface area contributed by atoms with E-state index in [-0.39, 0.29) is 5.91 Å². The summed E-state index contributed by atoms with van der Waals surface area (Å²) < 4.78 is 0.743. The van der Waals surface area contributed by atoms with Crippen LogP contribution in [0.4, 0.5) is 5.69 Å². The summed E-state index contributed by atoms with van der Waals surface area (Å²) in [5.74, 6) is -0.191. The first kappa shape index (κ1) is 11.8. The van der Waals surface area contributed by atoms with Gasteiger partial charge in [-0.15, -0.1) is 0 Å². The molecule has 0 aliphatic heterocycles. The van der Waals surface area contributed by atoms with Gasteiger partial charge in [-0.3, -0.25) is 9.89 Å². The van der Waals surface area contributed by atoms with Crippen molar-refractivity contribution in [1.29, 1.82) is 0 Å². The second kappa shape index (κ2) is 4.67. The Kier molecular flexibility index (Phi) is 3.23. The fraction of sp³-hybridized carbons (Fsp3) is 0.182. The van der Waals surface area contributed by atoms with Gasteiger partial charge >= 0.3 is 0 Å². The number of anilines is 1. The van der Waals surface area contributed by atoms with Gasteiger partial charge in [0.05, 0.1) is 23.1 Å². The van der Waals surface area contributed by atoms with Crippen molar-refractivity contribution in [1.82, 2.24) is 15.2 Å². The lowest BCUT2D eigenvalue weighted by Crippen LogP contribution is -2.13. The van der Waals surface area contributed by atoms with Gasteiger partial charge in [-0.1, -0.05) is 0 Å². The number of halogens is 1. The van der Waals surface area contributed by atoms with Crippen molar-refractivity contribution in [3.8, 4) is 0 Å². The van der Waals surface area contributed by atoms with E-state index in [0.29, 0.717) is 11.3 Å². The molecule has 2 aromatic heterocycles. The van der Waals surface area contributed by atoms with Crippen LogP contribution >= 0.6 is 15.9 Å². The molecule has 0 bridgehead atoms. The van der Waals surface area contributed by atoms with E-state index in [2.05, 4.69) is 36.4 Å². The maximum atomic E-state index is 11.9. The zero-order valence-electron chi connectivity index (χ0n) is 9.41. The number of amides is 1. The molecule has 1 amide bonds. The van der Waals surface area contributed by atoms with Gasteiger partial charge in [-0.2, -0.15) is 5.10 Å². The number of hydrogen-bond acceptors (Lipinski definition) is 3. The molecule has 2 N–H and O–H groups in total. The molecule has 0 radical (unpaired) electrons. The minimum Gasteiger partial charge on any atom is -0.320 e. The topological polar surface area (TPSA) is 70.7 Å². The van der Waals surface area contributed by atoms with Crippen molar-refractivity contribution in [2.75, 3.05) is 5.32 Å². The third-order valence-electron chi connectivity index (χ3n) is 2.37. The van der Waals surface area contributed by atoms with Gasteiger partial charge < -0.3 is 5.32 Å². The largest absolute Gasteiger partial charge is 0.320 e. The van der Waals surface area contributed by atoms with Crippen molar-refractivity contribution in [2.24, 2.45) is 0 Å². The number of pyridine rings is 1. The van der Waals surface area contributed by atoms with Crippen molar-refractivity contribution in [3.05, 3.63) is 39.9 Å². The molecule has 17 heavy (non-hydrogen) atoms. The molecule has 0 fully saturated rings. The van der Waals surface area contributed by atoms with E-state index in [1.807, 2.05) is 6.92 Å². The molecule has 2 aromatic rings. The molecule has 0 aliphatic rings. The molecule has 0 saturated carbocycles. The Morgan fingerprint density at radius 2 is 2.18 bits per heavy atom. The predicted molar refractivity (Wildman–Crippen MR) is 68.0 cm³/mol. The van der Waals surface area contributed by atoms with Gasteiger partial charge in [0.15, 0.2) is 0 Å². The molecule has 0 atom stereocenters. The molecule has 2 rings (SSSR count). The van der Waals surface area contributed by atoms with Gasteiger partial charge in [0.25, 0.3) is 5.91 Å². The maximum absolute atomic E-state index is 11.9. The summed E-state index contributed by atoms with van der Waals surface area (Å²) in [7, 11) is 0. The van der Waals surface area contributed by atoms with Crippen LogP contribution in [0.3, 0.4) is 0 Å². The quantitative estimate of drug-likeness (QED) is 0.836. The summed E-state index contributed by atoms with van der Waals surface area (Å²) in [6, 6.07) is 3.59. The van der Waals surface area contributed by atoms with Crippen LogP contribution in [0.25, 0.3) is 0 Å². The number of aromatic nitrogens is 3. The Morgan fingerprint density at radius 1 is 1.41 bits per heavy atom. The second-order valence-corrected chi connectivity index (χ2v) is 4.44. The molecular formula is C11H11BrN4O. The highest BCUT2D eigenvalue weighted by molar-refractivity contribution is 9.10. The Bertz CT molecular complexity index is 564. The lowest BCUT2D eigenvalue weighted by Gasteiger charge is -2.07. The first-order valence-corrected chi connectivity index (χ1v) is 5.81. The van der Waals surface area contributed by atoms with Crippen LogP contribution in [0.15, 0.2) is 22.9 Å². The minimum absolute atomic E-state index is 0.191. The number of aryl methyl sites for hydroxylation is 2. The van der Waals surface area contributed by atoms with E-state index in [1.165, 1.54) is 6.20 Å². The zero-order valence-corrected chi connectivity index (χ0v) is 11.0. The van der Waals surface area contributed by atoms with Gasteiger partial charge in [-0.05, 0) is 41.9 Å². The molecule has 0 saturated heterocycles. The summed E-state index contributed by atoms with van der Waals surface area (Å²) in [5, 5.41) is 9.34. The third kappa shape index (κ3) is 2.52. The van der Waals surface area contributed by atoms with Gasteiger partial charge in [-0.25, -0.2) is 4.98 Å². The molecule has 0 aliphatic carbocycles.